The van der Waals surface area contributed by atoms with Crippen LogP contribution in [0.1, 0.15) is 23.7 Å². The first-order valence-electron chi connectivity index (χ1n) is 7.01. The van der Waals surface area contributed by atoms with E-state index in [9.17, 15) is 13.6 Å². The van der Waals surface area contributed by atoms with Gasteiger partial charge in [-0.25, -0.2) is 0 Å². The van der Waals surface area contributed by atoms with Gasteiger partial charge in [0.05, 0.1) is 7.11 Å². The first-order chi connectivity index (χ1) is 10.4. The Morgan fingerprint density at radius 1 is 1.43 bits per heavy atom. The smallest absolute Gasteiger partial charge is 0.387 e. The third-order valence-corrected chi connectivity index (χ3v) is 3.96. The number of rotatable bonds is 5. The van der Waals surface area contributed by atoms with E-state index in [0.717, 1.165) is 6.42 Å². The summed E-state index contributed by atoms with van der Waals surface area (Å²) in [5.41, 5.74) is 6.04. The summed E-state index contributed by atoms with van der Waals surface area (Å²) in [5, 5.41) is 0. The van der Waals surface area contributed by atoms with Gasteiger partial charge in [0, 0.05) is 18.7 Å². The molecule has 130 valence electrons. The maximum Gasteiger partial charge on any atom is 0.387 e. The number of amides is 1. The summed E-state index contributed by atoms with van der Waals surface area (Å²) in [4.78, 5) is 14.2. The largest absolute Gasteiger partial charge is 0.493 e. The van der Waals surface area contributed by atoms with E-state index >= 15 is 0 Å². The van der Waals surface area contributed by atoms with Gasteiger partial charge in [-0.1, -0.05) is 6.92 Å². The molecule has 5 nitrogen and oxygen atoms in total. The number of carbonyl (C=O) groups excluding carboxylic acids is 1. The molecule has 1 saturated heterocycles. The first-order valence-corrected chi connectivity index (χ1v) is 7.01. The van der Waals surface area contributed by atoms with Crippen molar-refractivity contribution in [2.45, 2.75) is 20.0 Å². The summed E-state index contributed by atoms with van der Waals surface area (Å²) in [6.07, 6.45) is 0.846. The van der Waals surface area contributed by atoms with Gasteiger partial charge in [-0.05, 0) is 36.6 Å². The molecular weight excluding hydrogens is 330 g/mol. The second-order valence-electron chi connectivity index (χ2n) is 5.74. The fourth-order valence-corrected chi connectivity index (χ4v) is 2.54. The molecule has 0 radical (unpaired) electrons. The van der Waals surface area contributed by atoms with Crippen LogP contribution < -0.4 is 15.2 Å². The van der Waals surface area contributed by atoms with Crippen molar-refractivity contribution >= 4 is 18.3 Å². The summed E-state index contributed by atoms with van der Waals surface area (Å²) < 4.78 is 34.0. The fourth-order valence-electron chi connectivity index (χ4n) is 2.54. The number of likely N-dealkylation sites (tertiary alicyclic amines) is 1. The molecule has 0 spiro atoms. The quantitative estimate of drug-likeness (QED) is 0.886. The average molecular weight is 351 g/mol. The lowest BCUT2D eigenvalue weighted by molar-refractivity contribution is -0.0512. The topological polar surface area (TPSA) is 64.8 Å². The second-order valence-corrected chi connectivity index (χ2v) is 5.74. The summed E-state index contributed by atoms with van der Waals surface area (Å²) in [6.45, 7) is 0.825. The van der Waals surface area contributed by atoms with Crippen molar-refractivity contribution in [1.29, 1.82) is 0 Å². The Morgan fingerprint density at radius 2 is 2.13 bits per heavy atom. The number of halogens is 3. The van der Waals surface area contributed by atoms with Gasteiger partial charge >= 0.3 is 6.61 Å². The molecular formula is C15H21ClF2N2O3. The van der Waals surface area contributed by atoms with Crippen LogP contribution in [0.5, 0.6) is 11.5 Å². The minimum absolute atomic E-state index is 0. The highest BCUT2D eigenvalue weighted by molar-refractivity contribution is 5.95. The zero-order valence-electron chi connectivity index (χ0n) is 13.1. The molecule has 1 atom stereocenters. The predicted molar refractivity (Wildman–Crippen MR) is 84.6 cm³/mol. The number of methoxy groups -OCH3 is 1. The van der Waals surface area contributed by atoms with E-state index in [2.05, 4.69) is 4.74 Å². The highest BCUT2D eigenvalue weighted by Crippen LogP contribution is 2.32. The van der Waals surface area contributed by atoms with Gasteiger partial charge in [0.2, 0.25) is 0 Å². The Hall–Kier alpha value is -1.60. The minimum atomic E-state index is -2.95. The van der Waals surface area contributed by atoms with Gasteiger partial charge in [0.25, 0.3) is 5.91 Å². The molecule has 0 aromatic heterocycles. The third-order valence-electron chi connectivity index (χ3n) is 3.96. The molecule has 2 N–H and O–H groups in total. The van der Waals surface area contributed by atoms with Crippen LogP contribution in [-0.4, -0.2) is 44.2 Å². The summed E-state index contributed by atoms with van der Waals surface area (Å²) in [6, 6.07) is 4.19. The van der Waals surface area contributed by atoms with Crippen LogP contribution in [0, 0.1) is 5.41 Å². The molecule has 23 heavy (non-hydrogen) atoms. The van der Waals surface area contributed by atoms with Crippen molar-refractivity contribution in [2.24, 2.45) is 11.1 Å². The van der Waals surface area contributed by atoms with Crippen molar-refractivity contribution < 1.29 is 23.0 Å². The lowest BCUT2D eigenvalue weighted by Crippen LogP contribution is -2.34. The van der Waals surface area contributed by atoms with Crippen molar-refractivity contribution in [3.05, 3.63) is 23.8 Å². The third kappa shape index (κ3) is 4.45. The van der Waals surface area contributed by atoms with Gasteiger partial charge in [0.1, 0.15) is 0 Å². The lowest BCUT2D eigenvalue weighted by Gasteiger charge is -2.22. The number of nitrogens with two attached hydrogens (primary N) is 1. The highest BCUT2D eigenvalue weighted by atomic mass is 35.5. The van der Waals surface area contributed by atoms with Crippen molar-refractivity contribution in [2.75, 3.05) is 26.7 Å². The Balaban J connectivity index is 0.00000264. The van der Waals surface area contributed by atoms with Crippen LogP contribution in [0.3, 0.4) is 0 Å². The number of hydrogen-bond donors (Lipinski definition) is 1. The van der Waals surface area contributed by atoms with Crippen molar-refractivity contribution in [3.8, 4) is 11.5 Å². The number of hydrogen-bond acceptors (Lipinski definition) is 4. The standard InChI is InChI=1S/C15H20F2N2O3.ClH/c1-15(8-18)5-6-19(9-15)13(20)10-3-4-11(22-14(16)17)12(7-10)21-2;/h3-4,7,14H,5-6,8-9,18H2,1-2H3;1H. The van der Waals surface area contributed by atoms with E-state index < -0.39 is 6.61 Å². The first kappa shape index (κ1) is 19.4. The maximum atomic E-state index is 12.5. The minimum Gasteiger partial charge on any atom is -0.493 e. The number of carbonyl (C=O) groups is 1. The molecule has 0 saturated carbocycles. The molecule has 8 heteroatoms. The lowest BCUT2D eigenvalue weighted by atomic mass is 9.90. The average Bonchev–Trinajstić information content (AvgIpc) is 2.89. The molecule has 1 heterocycles. The van der Waals surface area contributed by atoms with Gasteiger partial charge in [-0.3, -0.25) is 4.79 Å². The summed E-state index contributed by atoms with van der Waals surface area (Å²) >= 11 is 0. The maximum absolute atomic E-state index is 12.5. The number of nitrogens with zero attached hydrogens (tertiary/aromatic N) is 1. The van der Waals surface area contributed by atoms with E-state index in [4.69, 9.17) is 10.5 Å². The monoisotopic (exact) mass is 350 g/mol. The van der Waals surface area contributed by atoms with E-state index in [1.807, 2.05) is 6.92 Å². The van der Waals surface area contributed by atoms with Gasteiger partial charge in [0.15, 0.2) is 11.5 Å². The SMILES string of the molecule is COc1cc(C(=O)N2CCC(C)(CN)C2)ccc1OC(F)F.Cl. The van der Waals surface area contributed by atoms with E-state index in [0.29, 0.717) is 25.2 Å². The molecule has 1 aromatic rings. The Labute approximate surface area is 140 Å². The predicted octanol–water partition coefficient (Wildman–Crippen LogP) is 2.53. The molecule has 0 aliphatic carbocycles. The normalized spacial score (nSPS) is 20.3. The zero-order valence-corrected chi connectivity index (χ0v) is 13.9. The number of ether oxygens (including phenoxy) is 2. The van der Waals surface area contributed by atoms with Crippen LogP contribution in [-0.2, 0) is 0 Å². The molecule has 1 aliphatic heterocycles. The van der Waals surface area contributed by atoms with Crippen LogP contribution in [0.25, 0.3) is 0 Å². The second kappa shape index (κ2) is 7.79. The summed E-state index contributed by atoms with van der Waals surface area (Å²) in [5.74, 6) is -0.159. The summed E-state index contributed by atoms with van der Waals surface area (Å²) in [7, 11) is 1.34. The molecule has 1 unspecified atom stereocenters. The number of alkyl halides is 2. The van der Waals surface area contributed by atoms with Gasteiger partial charge in [-0.2, -0.15) is 8.78 Å². The zero-order chi connectivity index (χ0) is 16.3. The van der Waals surface area contributed by atoms with Gasteiger partial charge < -0.3 is 20.1 Å². The van der Waals surface area contributed by atoms with E-state index in [-0.39, 0.29) is 35.2 Å². The Bertz CT molecular complexity index is 560. The Kier molecular flexibility index (Phi) is 6.58. The van der Waals surface area contributed by atoms with Crippen molar-refractivity contribution in [1.82, 2.24) is 4.90 Å². The molecule has 1 fully saturated rings. The molecule has 0 bridgehead atoms. The molecule has 2 rings (SSSR count). The van der Waals surface area contributed by atoms with Gasteiger partial charge in [-0.15, -0.1) is 12.4 Å². The van der Waals surface area contributed by atoms with Crippen molar-refractivity contribution in [3.63, 3.8) is 0 Å². The number of benzene rings is 1. The van der Waals surface area contributed by atoms with Crippen LogP contribution in [0.4, 0.5) is 8.78 Å². The Morgan fingerprint density at radius 3 is 2.65 bits per heavy atom. The molecule has 1 aromatic carbocycles. The molecule has 1 amide bonds. The molecule has 1 aliphatic rings. The fraction of sp³-hybridized carbons (Fsp3) is 0.533. The highest BCUT2D eigenvalue weighted by Gasteiger charge is 2.35. The van der Waals surface area contributed by atoms with E-state index in [1.165, 1.54) is 25.3 Å². The van der Waals surface area contributed by atoms with Crippen LogP contribution in [0.15, 0.2) is 18.2 Å². The van der Waals surface area contributed by atoms with Crippen LogP contribution in [0.2, 0.25) is 0 Å². The van der Waals surface area contributed by atoms with E-state index in [1.54, 1.807) is 4.90 Å². The van der Waals surface area contributed by atoms with Crippen LogP contribution >= 0.6 is 12.4 Å².